The van der Waals surface area contributed by atoms with Crippen molar-refractivity contribution in [3.63, 3.8) is 0 Å². The maximum Gasteiger partial charge on any atom is 0.373 e. The van der Waals surface area contributed by atoms with Gasteiger partial charge in [-0.05, 0) is 52.2 Å². The van der Waals surface area contributed by atoms with Gasteiger partial charge in [0.1, 0.15) is 11.4 Å². The molecular formula is C20H26O7. The van der Waals surface area contributed by atoms with E-state index >= 15 is 0 Å². The molecule has 1 rings (SSSR count). The van der Waals surface area contributed by atoms with E-state index in [2.05, 4.69) is 0 Å². The maximum atomic E-state index is 12.1. The molecule has 148 valence electrons. The number of carboxylic acid groups (broad SMARTS) is 1. The Morgan fingerprint density at radius 2 is 1.63 bits per heavy atom. The number of rotatable bonds is 8. The Labute approximate surface area is 158 Å². The van der Waals surface area contributed by atoms with Crippen LogP contribution in [0.25, 0.3) is 0 Å². The number of carbonyl (C=O) groups is 3. The standard InChI is InChI=1S/C19H26O5.CO2/c1-13-9-10-16(18(22)23)14(11-13)12-15(20)7-5-6-8-17(21)24-19(2,3)4;2-1-3/h9-11H,5-8,12H2,1-4H3,(H,22,23);. The Morgan fingerprint density at radius 1 is 1.07 bits per heavy atom. The van der Waals surface area contributed by atoms with Gasteiger partial charge in [-0.3, -0.25) is 9.59 Å². The number of carbonyl (C=O) groups excluding carboxylic acids is 4. The van der Waals surface area contributed by atoms with Crippen molar-refractivity contribution in [2.24, 2.45) is 0 Å². The molecule has 0 atom stereocenters. The highest BCUT2D eigenvalue weighted by atomic mass is 16.6. The van der Waals surface area contributed by atoms with E-state index in [1.54, 1.807) is 12.1 Å². The van der Waals surface area contributed by atoms with Crippen molar-refractivity contribution in [3.8, 4) is 0 Å². The molecule has 0 bridgehead atoms. The van der Waals surface area contributed by atoms with E-state index in [9.17, 15) is 19.5 Å². The van der Waals surface area contributed by atoms with Gasteiger partial charge in [-0.1, -0.05) is 17.7 Å². The van der Waals surface area contributed by atoms with Crippen LogP contribution < -0.4 is 0 Å². The molecule has 1 aromatic carbocycles. The van der Waals surface area contributed by atoms with E-state index in [0.29, 0.717) is 24.8 Å². The zero-order chi connectivity index (χ0) is 21.0. The van der Waals surface area contributed by atoms with Crippen molar-refractivity contribution in [1.29, 1.82) is 0 Å². The van der Waals surface area contributed by atoms with Gasteiger partial charge in [0.15, 0.2) is 0 Å². The summed E-state index contributed by atoms with van der Waals surface area (Å²) in [5, 5.41) is 9.17. The quantitative estimate of drug-likeness (QED) is 0.546. The number of esters is 1. The average molecular weight is 378 g/mol. The minimum absolute atomic E-state index is 0.0210. The molecule has 0 spiro atoms. The van der Waals surface area contributed by atoms with E-state index in [4.69, 9.17) is 14.3 Å². The number of Topliss-reactive ketones (excluding diaryl/α,β-unsaturated/α-hetero) is 1. The molecule has 0 radical (unpaired) electrons. The normalized spacial score (nSPS) is 10.2. The molecule has 0 aliphatic rings. The Morgan fingerprint density at radius 3 is 2.15 bits per heavy atom. The second-order valence-corrected chi connectivity index (χ2v) is 7.06. The molecular weight excluding hydrogens is 352 g/mol. The summed E-state index contributed by atoms with van der Waals surface area (Å²) < 4.78 is 5.21. The smallest absolute Gasteiger partial charge is 0.373 e. The van der Waals surface area contributed by atoms with Gasteiger partial charge >= 0.3 is 18.1 Å². The number of unbranched alkanes of at least 4 members (excludes halogenated alkanes) is 1. The van der Waals surface area contributed by atoms with Crippen LogP contribution in [0.5, 0.6) is 0 Å². The first-order valence-electron chi connectivity index (χ1n) is 8.55. The lowest BCUT2D eigenvalue weighted by Gasteiger charge is -2.19. The van der Waals surface area contributed by atoms with Crippen LogP contribution in [0.3, 0.4) is 0 Å². The van der Waals surface area contributed by atoms with Gasteiger partial charge in [0.2, 0.25) is 0 Å². The number of aromatic carboxylic acids is 1. The Hall–Kier alpha value is -2.79. The minimum atomic E-state index is -1.03. The van der Waals surface area contributed by atoms with Crippen molar-refractivity contribution in [1.82, 2.24) is 0 Å². The first-order chi connectivity index (χ1) is 12.5. The number of benzene rings is 1. The number of carboxylic acids is 1. The monoisotopic (exact) mass is 378 g/mol. The number of ether oxygens (including phenoxy) is 1. The van der Waals surface area contributed by atoms with Gasteiger partial charge in [-0.2, -0.15) is 9.59 Å². The van der Waals surface area contributed by atoms with Crippen molar-refractivity contribution in [2.75, 3.05) is 0 Å². The summed E-state index contributed by atoms with van der Waals surface area (Å²) in [7, 11) is 0. The van der Waals surface area contributed by atoms with Gasteiger partial charge in [0, 0.05) is 19.3 Å². The van der Waals surface area contributed by atoms with E-state index in [0.717, 1.165) is 5.56 Å². The SMILES string of the molecule is Cc1ccc(C(=O)O)c(CC(=O)CCCCC(=O)OC(C)(C)C)c1.O=C=O. The third-order valence-corrected chi connectivity index (χ3v) is 3.39. The lowest BCUT2D eigenvalue weighted by Crippen LogP contribution is -2.23. The molecule has 0 amide bonds. The molecule has 0 aliphatic heterocycles. The number of aryl methyl sites for hydroxylation is 1. The summed E-state index contributed by atoms with van der Waals surface area (Å²) in [4.78, 5) is 51.1. The van der Waals surface area contributed by atoms with Crippen LogP contribution in [0.4, 0.5) is 0 Å². The lowest BCUT2D eigenvalue weighted by atomic mass is 9.98. The van der Waals surface area contributed by atoms with Crippen LogP contribution in [0, 0.1) is 6.92 Å². The van der Waals surface area contributed by atoms with E-state index < -0.39 is 11.6 Å². The largest absolute Gasteiger partial charge is 0.478 e. The second kappa shape index (κ2) is 11.8. The van der Waals surface area contributed by atoms with E-state index in [1.807, 2.05) is 27.7 Å². The Balaban J connectivity index is 0.00000210. The topological polar surface area (TPSA) is 115 Å². The highest BCUT2D eigenvalue weighted by Gasteiger charge is 2.16. The fourth-order valence-electron chi connectivity index (χ4n) is 2.36. The third-order valence-electron chi connectivity index (χ3n) is 3.39. The average Bonchev–Trinajstić information content (AvgIpc) is 2.50. The fourth-order valence-corrected chi connectivity index (χ4v) is 2.36. The van der Waals surface area contributed by atoms with Crippen molar-refractivity contribution in [2.45, 2.75) is 65.4 Å². The third kappa shape index (κ3) is 11.4. The number of hydrogen-bond donors (Lipinski definition) is 1. The minimum Gasteiger partial charge on any atom is -0.478 e. The summed E-state index contributed by atoms with van der Waals surface area (Å²) in [6.45, 7) is 7.31. The summed E-state index contributed by atoms with van der Waals surface area (Å²) in [6, 6.07) is 4.99. The maximum absolute atomic E-state index is 12.1. The summed E-state index contributed by atoms with van der Waals surface area (Å²) in [5.41, 5.74) is 1.14. The van der Waals surface area contributed by atoms with Crippen LogP contribution in [-0.2, 0) is 30.3 Å². The molecule has 0 aliphatic carbocycles. The molecule has 0 saturated carbocycles. The summed E-state index contributed by atoms with van der Waals surface area (Å²) in [6.07, 6.45) is 2.15. The van der Waals surface area contributed by atoms with E-state index in [-0.39, 0.29) is 36.3 Å². The highest BCUT2D eigenvalue weighted by Crippen LogP contribution is 2.15. The van der Waals surface area contributed by atoms with Gasteiger partial charge in [0.05, 0.1) is 5.56 Å². The molecule has 0 fully saturated rings. The molecule has 0 saturated heterocycles. The predicted octanol–water partition coefficient (Wildman–Crippen LogP) is 3.12. The van der Waals surface area contributed by atoms with Gasteiger partial charge < -0.3 is 9.84 Å². The van der Waals surface area contributed by atoms with Crippen LogP contribution in [0.1, 0.15) is 67.9 Å². The first-order valence-corrected chi connectivity index (χ1v) is 8.55. The molecule has 0 heterocycles. The predicted molar refractivity (Wildman–Crippen MR) is 96.2 cm³/mol. The zero-order valence-electron chi connectivity index (χ0n) is 16.2. The molecule has 1 aromatic rings. The Bertz CT molecular complexity index is 693. The summed E-state index contributed by atoms with van der Waals surface area (Å²) in [5.74, 6) is -1.31. The number of ketones is 1. The first kappa shape index (κ1) is 24.2. The van der Waals surface area contributed by atoms with Crippen LogP contribution in [0.2, 0.25) is 0 Å². The Kier molecular flexibility index (Phi) is 10.5. The lowest BCUT2D eigenvalue weighted by molar-refractivity contribution is -0.191. The zero-order valence-corrected chi connectivity index (χ0v) is 16.2. The molecule has 7 heteroatoms. The van der Waals surface area contributed by atoms with Gasteiger partial charge in [-0.15, -0.1) is 0 Å². The molecule has 0 aromatic heterocycles. The number of hydrogen-bond acceptors (Lipinski definition) is 6. The molecule has 1 N–H and O–H groups in total. The van der Waals surface area contributed by atoms with Crippen LogP contribution in [0.15, 0.2) is 18.2 Å². The van der Waals surface area contributed by atoms with Crippen molar-refractivity contribution in [3.05, 3.63) is 34.9 Å². The molecule has 27 heavy (non-hydrogen) atoms. The summed E-state index contributed by atoms with van der Waals surface area (Å²) >= 11 is 0. The van der Waals surface area contributed by atoms with Crippen LogP contribution in [-0.4, -0.2) is 34.6 Å². The van der Waals surface area contributed by atoms with Crippen molar-refractivity contribution < 1.29 is 33.8 Å². The second-order valence-electron chi connectivity index (χ2n) is 7.06. The van der Waals surface area contributed by atoms with Gasteiger partial charge in [-0.25, -0.2) is 4.79 Å². The van der Waals surface area contributed by atoms with Crippen LogP contribution >= 0.6 is 0 Å². The molecule has 7 nitrogen and oxygen atoms in total. The highest BCUT2D eigenvalue weighted by molar-refractivity contribution is 5.92. The van der Waals surface area contributed by atoms with E-state index in [1.165, 1.54) is 6.07 Å². The van der Waals surface area contributed by atoms with Gasteiger partial charge in [0.25, 0.3) is 0 Å². The molecule has 0 unspecified atom stereocenters. The van der Waals surface area contributed by atoms with Crippen molar-refractivity contribution >= 4 is 23.9 Å². The fraction of sp³-hybridized carbons (Fsp3) is 0.500.